The van der Waals surface area contributed by atoms with E-state index in [0.717, 1.165) is 22.3 Å². The van der Waals surface area contributed by atoms with E-state index in [1.165, 1.54) is 18.4 Å². The van der Waals surface area contributed by atoms with Gasteiger partial charge < -0.3 is 10.6 Å². The van der Waals surface area contributed by atoms with Crippen LogP contribution in [0.15, 0.2) is 53.0 Å². The molecule has 0 aliphatic carbocycles. The number of amides is 2. The average Bonchev–Trinajstić information content (AvgIpc) is 2.49. The first-order chi connectivity index (χ1) is 10.2. The number of carbonyl (C=O) groups is 1. The van der Waals surface area contributed by atoms with Crippen LogP contribution in [0.4, 0.5) is 16.2 Å². The zero-order valence-electron chi connectivity index (χ0n) is 12.0. The molecule has 0 aliphatic rings. The Balaban J connectivity index is 1.92. The third kappa shape index (κ3) is 4.90. The molecule has 2 aromatic rings. The third-order valence-corrected chi connectivity index (χ3v) is 3.84. The number of aryl methyl sites for hydroxylation is 1. The number of hydrogen-bond acceptors (Lipinski definition) is 1. The molecule has 4 heteroatoms. The van der Waals surface area contributed by atoms with Crippen LogP contribution in [0, 0.1) is 0 Å². The molecule has 0 heterocycles. The van der Waals surface area contributed by atoms with Crippen LogP contribution in [-0.4, -0.2) is 6.03 Å². The van der Waals surface area contributed by atoms with Crippen molar-refractivity contribution in [3.63, 3.8) is 0 Å². The molecule has 110 valence electrons. The molecular weight excluding hydrogens is 328 g/mol. The quantitative estimate of drug-likeness (QED) is 0.743. The van der Waals surface area contributed by atoms with E-state index in [1.807, 2.05) is 36.4 Å². The van der Waals surface area contributed by atoms with Gasteiger partial charge in [-0.3, -0.25) is 0 Å². The van der Waals surface area contributed by atoms with E-state index < -0.39 is 0 Å². The number of para-hydroxylation sites is 1. The Morgan fingerprint density at radius 1 is 1.05 bits per heavy atom. The molecule has 2 aromatic carbocycles. The summed E-state index contributed by atoms with van der Waals surface area (Å²) in [5.74, 6) is 0. The molecule has 0 radical (unpaired) electrons. The highest BCUT2D eigenvalue weighted by atomic mass is 79.9. The highest BCUT2D eigenvalue weighted by molar-refractivity contribution is 9.10. The zero-order valence-corrected chi connectivity index (χ0v) is 13.6. The van der Waals surface area contributed by atoms with Crippen LogP contribution in [0.5, 0.6) is 0 Å². The first kappa shape index (κ1) is 15.6. The first-order valence-corrected chi connectivity index (χ1v) is 7.90. The summed E-state index contributed by atoms with van der Waals surface area (Å²) in [4.78, 5) is 11.9. The van der Waals surface area contributed by atoms with Gasteiger partial charge in [0.25, 0.3) is 0 Å². The predicted molar refractivity (Wildman–Crippen MR) is 91.8 cm³/mol. The van der Waals surface area contributed by atoms with Crippen molar-refractivity contribution >= 4 is 33.3 Å². The van der Waals surface area contributed by atoms with Gasteiger partial charge in [0.1, 0.15) is 0 Å². The Kier molecular flexibility index (Phi) is 5.81. The van der Waals surface area contributed by atoms with Crippen molar-refractivity contribution in [3.8, 4) is 0 Å². The lowest BCUT2D eigenvalue weighted by atomic mass is 10.1. The summed E-state index contributed by atoms with van der Waals surface area (Å²) in [6.07, 6.45) is 3.46. The van der Waals surface area contributed by atoms with E-state index in [9.17, 15) is 4.79 Å². The van der Waals surface area contributed by atoms with Gasteiger partial charge in [-0.15, -0.1) is 0 Å². The summed E-state index contributed by atoms with van der Waals surface area (Å²) < 4.78 is 0.857. The Morgan fingerprint density at radius 3 is 2.43 bits per heavy atom. The fourth-order valence-corrected chi connectivity index (χ4v) is 2.37. The predicted octanol–water partition coefficient (Wildman–Crippen LogP) is 5.44. The van der Waals surface area contributed by atoms with E-state index in [-0.39, 0.29) is 6.03 Å². The normalized spacial score (nSPS) is 10.2. The second-order valence-corrected chi connectivity index (χ2v) is 5.71. The lowest BCUT2D eigenvalue weighted by Crippen LogP contribution is -2.19. The van der Waals surface area contributed by atoms with Gasteiger partial charge in [0.2, 0.25) is 0 Å². The van der Waals surface area contributed by atoms with E-state index in [2.05, 4.69) is 45.6 Å². The van der Waals surface area contributed by atoms with Crippen molar-refractivity contribution in [1.82, 2.24) is 0 Å². The van der Waals surface area contributed by atoms with Crippen LogP contribution in [-0.2, 0) is 6.42 Å². The Morgan fingerprint density at radius 2 is 1.76 bits per heavy atom. The van der Waals surface area contributed by atoms with Crippen molar-refractivity contribution in [2.75, 3.05) is 10.6 Å². The maximum absolute atomic E-state index is 11.9. The molecule has 21 heavy (non-hydrogen) atoms. The van der Waals surface area contributed by atoms with Crippen LogP contribution in [0.2, 0.25) is 0 Å². The lowest BCUT2D eigenvalue weighted by molar-refractivity contribution is 0.262. The van der Waals surface area contributed by atoms with Crippen LogP contribution < -0.4 is 10.6 Å². The van der Waals surface area contributed by atoms with Gasteiger partial charge in [0.05, 0.1) is 5.69 Å². The SMILES string of the molecule is CCCCc1ccc(NC(=O)Nc2ccccc2Br)cc1. The molecule has 3 nitrogen and oxygen atoms in total. The fraction of sp³-hybridized carbons (Fsp3) is 0.235. The number of benzene rings is 2. The molecule has 0 aliphatic heterocycles. The van der Waals surface area contributed by atoms with Gasteiger partial charge in [-0.25, -0.2) is 4.79 Å². The number of anilines is 2. The van der Waals surface area contributed by atoms with Crippen LogP contribution in [0.25, 0.3) is 0 Å². The number of carbonyl (C=O) groups excluding carboxylic acids is 1. The number of urea groups is 1. The number of nitrogens with one attached hydrogen (secondary N) is 2. The molecule has 0 saturated carbocycles. The van der Waals surface area contributed by atoms with Gasteiger partial charge >= 0.3 is 6.03 Å². The minimum Gasteiger partial charge on any atom is -0.308 e. The molecule has 2 amide bonds. The zero-order chi connectivity index (χ0) is 15.1. The van der Waals surface area contributed by atoms with Crippen molar-refractivity contribution in [2.24, 2.45) is 0 Å². The minimum absolute atomic E-state index is 0.247. The smallest absolute Gasteiger partial charge is 0.308 e. The van der Waals surface area contributed by atoms with Gasteiger partial charge in [0, 0.05) is 10.2 Å². The van der Waals surface area contributed by atoms with Crippen molar-refractivity contribution < 1.29 is 4.79 Å². The number of unbranched alkanes of at least 4 members (excludes halogenated alkanes) is 1. The summed E-state index contributed by atoms with van der Waals surface area (Å²) in [5.41, 5.74) is 2.84. The number of rotatable bonds is 5. The van der Waals surface area contributed by atoms with Gasteiger partial charge in [-0.2, -0.15) is 0 Å². The first-order valence-electron chi connectivity index (χ1n) is 7.10. The standard InChI is InChI=1S/C17H19BrN2O/c1-2-3-6-13-9-11-14(12-10-13)19-17(21)20-16-8-5-4-7-15(16)18/h4-5,7-12H,2-3,6H2,1H3,(H2,19,20,21). The number of hydrogen-bond donors (Lipinski definition) is 2. The average molecular weight is 347 g/mol. The van der Waals surface area contributed by atoms with Gasteiger partial charge in [0.15, 0.2) is 0 Å². The van der Waals surface area contributed by atoms with E-state index in [0.29, 0.717) is 0 Å². The molecule has 0 unspecified atom stereocenters. The fourth-order valence-electron chi connectivity index (χ4n) is 1.98. The molecule has 0 aromatic heterocycles. The summed E-state index contributed by atoms with van der Waals surface area (Å²) in [7, 11) is 0. The molecular formula is C17H19BrN2O. The van der Waals surface area contributed by atoms with E-state index in [4.69, 9.17) is 0 Å². The maximum atomic E-state index is 11.9. The van der Waals surface area contributed by atoms with Gasteiger partial charge in [-0.05, 0) is 58.6 Å². The molecule has 0 atom stereocenters. The van der Waals surface area contributed by atoms with Crippen molar-refractivity contribution in [1.29, 1.82) is 0 Å². The lowest BCUT2D eigenvalue weighted by Gasteiger charge is -2.09. The van der Waals surface area contributed by atoms with Crippen molar-refractivity contribution in [2.45, 2.75) is 26.2 Å². The minimum atomic E-state index is -0.247. The molecule has 0 saturated heterocycles. The largest absolute Gasteiger partial charge is 0.323 e. The summed E-state index contributed by atoms with van der Waals surface area (Å²) in [5, 5.41) is 5.64. The highest BCUT2D eigenvalue weighted by Crippen LogP contribution is 2.21. The molecule has 0 spiro atoms. The monoisotopic (exact) mass is 346 g/mol. The Bertz CT molecular complexity index is 596. The number of halogens is 1. The Labute approximate surface area is 133 Å². The summed E-state index contributed by atoms with van der Waals surface area (Å²) >= 11 is 3.40. The second kappa shape index (κ2) is 7.84. The second-order valence-electron chi connectivity index (χ2n) is 4.86. The topological polar surface area (TPSA) is 41.1 Å². The maximum Gasteiger partial charge on any atom is 0.323 e. The molecule has 2 rings (SSSR count). The van der Waals surface area contributed by atoms with E-state index in [1.54, 1.807) is 0 Å². The molecule has 0 bridgehead atoms. The van der Waals surface area contributed by atoms with E-state index >= 15 is 0 Å². The summed E-state index contributed by atoms with van der Waals surface area (Å²) in [6.45, 7) is 2.18. The van der Waals surface area contributed by atoms with Crippen LogP contribution >= 0.6 is 15.9 Å². The van der Waals surface area contributed by atoms with Crippen LogP contribution in [0.3, 0.4) is 0 Å². The van der Waals surface area contributed by atoms with Crippen molar-refractivity contribution in [3.05, 3.63) is 58.6 Å². The third-order valence-electron chi connectivity index (χ3n) is 3.15. The van der Waals surface area contributed by atoms with Gasteiger partial charge in [-0.1, -0.05) is 37.6 Å². The summed E-state index contributed by atoms with van der Waals surface area (Å²) in [6, 6.07) is 15.3. The Hall–Kier alpha value is -1.81. The van der Waals surface area contributed by atoms with Crippen LogP contribution in [0.1, 0.15) is 25.3 Å². The molecule has 2 N–H and O–H groups in total. The highest BCUT2D eigenvalue weighted by Gasteiger charge is 2.05. The molecule has 0 fully saturated rings.